The van der Waals surface area contributed by atoms with Gasteiger partial charge in [-0.25, -0.2) is 0 Å². The van der Waals surface area contributed by atoms with Gasteiger partial charge in [-0.15, -0.1) is 12.4 Å². The lowest BCUT2D eigenvalue weighted by atomic mass is 9.53. The summed E-state index contributed by atoms with van der Waals surface area (Å²) in [4.78, 5) is 10.7. The van der Waals surface area contributed by atoms with E-state index in [1.807, 2.05) is 0 Å². The van der Waals surface area contributed by atoms with Crippen molar-refractivity contribution in [3.05, 3.63) is 0 Å². The van der Waals surface area contributed by atoms with Gasteiger partial charge in [0.05, 0.1) is 6.42 Å². The van der Waals surface area contributed by atoms with E-state index in [2.05, 4.69) is 0 Å². The molecule has 2 fully saturated rings. The van der Waals surface area contributed by atoms with E-state index < -0.39 is 5.97 Å². The Labute approximate surface area is 90.5 Å². The molecular weight excluding hydrogens is 202 g/mol. The summed E-state index contributed by atoms with van der Waals surface area (Å²) in [6, 6.07) is 0. The Morgan fingerprint density at radius 1 is 1.50 bits per heavy atom. The molecule has 0 aromatic heterocycles. The van der Waals surface area contributed by atoms with E-state index in [4.69, 9.17) is 10.8 Å². The third kappa shape index (κ3) is 1.63. The van der Waals surface area contributed by atoms with Crippen LogP contribution >= 0.6 is 12.4 Å². The molecule has 3 nitrogen and oxygen atoms in total. The highest BCUT2D eigenvalue weighted by atomic mass is 35.5. The summed E-state index contributed by atoms with van der Waals surface area (Å²) in [5.41, 5.74) is 5.68. The van der Waals surface area contributed by atoms with E-state index in [0.717, 1.165) is 12.3 Å². The molecule has 2 saturated carbocycles. The number of rotatable bonds is 3. The molecule has 4 heteroatoms. The molecule has 0 saturated heterocycles. The van der Waals surface area contributed by atoms with Crippen molar-refractivity contribution < 1.29 is 9.90 Å². The van der Waals surface area contributed by atoms with Gasteiger partial charge in [-0.1, -0.05) is 12.8 Å². The second kappa shape index (κ2) is 4.07. The molecule has 2 rings (SSSR count). The summed E-state index contributed by atoms with van der Waals surface area (Å²) in [6.45, 7) is 0.556. The lowest BCUT2D eigenvalue weighted by Crippen LogP contribution is -2.51. The van der Waals surface area contributed by atoms with Crippen LogP contribution in [0.1, 0.15) is 32.1 Å². The Morgan fingerprint density at radius 3 is 2.71 bits per heavy atom. The Balaban J connectivity index is 0.000000980. The number of nitrogens with two attached hydrogens (primary N) is 1. The maximum atomic E-state index is 10.7. The molecule has 3 N–H and O–H groups in total. The van der Waals surface area contributed by atoms with Gasteiger partial charge in [0.25, 0.3) is 0 Å². The Morgan fingerprint density at radius 2 is 2.21 bits per heavy atom. The predicted molar refractivity (Wildman–Crippen MR) is 56.4 cm³/mol. The molecule has 0 radical (unpaired) electrons. The number of halogens is 1. The fourth-order valence-electron chi connectivity index (χ4n) is 3.41. The molecule has 0 spiro atoms. The second-order valence-corrected chi connectivity index (χ2v) is 4.64. The minimum absolute atomic E-state index is 0. The van der Waals surface area contributed by atoms with Gasteiger partial charge in [0.2, 0.25) is 0 Å². The van der Waals surface area contributed by atoms with Crippen molar-refractivity contribution in [3.8, 4) is 0 Å². The quantitative estimate of drug-likeness (QED) is 0.759. The van der Waals surface area contributed by atoms with E-state index in [-0.39, 0.29) is 24.2 Å². The van der Waals surface area contributed by atoms with E-state index >= 15 is 0 Å². The van der Waals surface area contributed by atoms with Gasteiger partial charge in [-0.3, -0.25) is 4.79 Å². The third-order valence-corrected chi connectivity index (χ3v) is 4.02. The van der Waals surface area contributed by atoms with E-state index in [1.165, 1.54) is 19.3 Å². The molecule has 2 aliphatic carbocycles. The first-order chi connectivity index (χ1) is 6.18. The maximum absolute atomic E-state index is 10.7. The fourth-order valence-corrected chi connectivity index (χ4v) is 3.41. The summed E-state index contributed by atoms with van der Waals surface area (Å²) in [7, 11) is 0. The monoisotopic (exact) mass is 219 g/mol. The molecule has 2 aliphatic rings. The summed E-state index contributed by atoms with van der Waals surface area (Å²) in [6.07, 6.45) is 5.11. The average Bonchev–Trinajstić information content (AvgIpc) is 2.43. The van der Waals surface area contributed by atoms with Crippen molar-refractivity contribution in [2.24, 2.45) is 23.0 Å². The van der Waals surface area contributed by atoms with Gasteiger partial charge in [0, 0.05) is 0 Å². The van der Waals surface area contributed by atoms with Crippen LogP contribution in [0.4, 0.5) is 0 Å². The smallest absolute Gasteiger partial charge is 0.303 e. The predicted octanol–water partition coefficient (Wildman–Crippen LogP) is 1.65. The van der Waals surface area contributed by atoms with Gasteiger partial charge >= 0.3 is 5.97 Å². The van der Waals surface area contributed by atoms with Crippen LogP contribution in [0, 0.1) is 17.3 Å². The molecule has 0 aliphatic heterocycles. The van der Waals surface area contributed by atoms with Gasteiger partial charge in [-0.05, 0) is 36.6 Å². The number of hydrogen-bond acceptors (Lipinski definition) is 2. The number of aliphatic carboxylic acids is 1. The molecule has 82 valence electrons. The number of hydrogen-bond donors (Lipinski definition) is 2. The third-order valence-electron chi connectivity index (χ3n) is 4.02. The molecule has 3 atom stereocenters. The molecule has 14 heavy (non-hydrogen) atoms. The molecule has 0 amide bonds. The van der Waals surface area contributed by atoms with Gasteiger partial charge in [0.1, 0.15) is 0 Å². The standard InChI is InChI=1S/C10H17NO2.ClH/c11-6-10(5-9(12)13)4-7-2-1-3-8(7)10;/h7-8H,1-6,11H2,(H,12,13);1H. The topological polar surface area (TPSA) is 63.3 Å². The zero-order valence-corrected chi connectivity index (χ0v) is 9.05. The summed E-state index contributed by atoms with van der Waals surface area (Å²) >= 11 is 0. The van der Waals surface area contributed by atoms with Crippen LogP contribution in [0.3, 0.4) is 0 Å². The van der Waals surface area contributed by atoms with Gasteiger partial charge in [0.15, 0.2) is 0 Å². The van der Waals surface area contributed by atoms with Crippen LogP contribution in [0.25, 0.3) is 0 Å². The normalized spacial score (nSPS) is 39.5. The van der Waals surface area contributed by atoms with Crippen molar-refractivity contribution in [3.63, 3.8) is 0 Å². The van der Waals surface area contributed by atoms with Crippen LogP contribution < -0.4 is 5.73 Å². The zero-order chi connectivity index (χ0) is 9.47. The lowest BCUT2D eigenvalue weighted by Gasteiger charge is -2.51. The molecule has 0 aromatic carbocycles. The minimum Gasteiger partial charge on any atom is -0.481 e. The van der Waals surface area contributed by atoms with Crippen LogP contribution in [0.5, 0.6) is 0 Å². The second-order valence-electron chi connectivity index (χ2n) is 4.64. The number of carboxylic acid groups (broad SMARTS) is 1. The van der Waals surface area contributed by atoms with Crippen LogP contribution in [-0.4, -0.2) is 17.6 Å². The Kier molecular flexibility index (Phi) is 3.43. The summed E-state index contributed by atoms with van der Waals surface area (Å²) in [5, 5.41) is 8.81. The van der Waals surface area contributed by atoms with Crippen molar-refractivity contribution in [2.45, 2.75) is 32.1 Å². The zero-order valence-electron chi connectivity index (χ0n) is 8.24. The van der Waals surface area contributed by atoms with Crippen molar-refractivity contribution in [1.82, 2.24) is 0 Å². The minimum atomic E-state index is -0.684. The highest BCUT2D eigenvalue weighted by molar-refractivity contribution is 5.85. The van der Waals surface area contributed by atoms with Gasteiger partial charge in [-0.2, -0.15) is 0 Å². The van der Waals surface area contributed by atoms with E-state index in [9.17, 15) is 4.79 Å². The molecule has 3 unspecified atom stereocenters. The number of fused-ring (bicyclic) bond motifs is 1. The van der Waals surface area contributed by atoms with Crippen molar-refractivity contribution in [2.75, 3.05) is 6.54 Å². The SMILES string of the molecule is Cl.NCC1(CC(=O)O)CC2CCCC21. The summed E-state index contributed by atoms with van der Waals surface area (Å²) < 4.78 is 0. The van der Waals surface area contributed by atoms with Crippen molar-refractivity contribution in [1.29, 1.82) is 0 Å². The first-order valence-electron chi connectivity index (χ1n) is 5.10. The molecule has 0 heterocycles. The molecule has 0 aromatic rings. The number of carbonyl (C=O) groups is 1. The summed E-state index contributed by atoms with van der Waals surface area (Å²) in [5.74, 6) is 0.729. The van der Waals surface area contributed by atoms with Crippen LogP contribution in [-0.2, 0) is 4.79 Å². The first kappa shape index (κ1) is 11.8. The lowest BCUT2D eigenvalue weighted by molar-refractivity contribution is -0.145. The highest BCUT2D eigenvalue weighted by Gasteiger charge is 2.55. The average molecular weight is 220 g/mol. The van der Waals surface area contributed by atoms with Crippen LogP contribution in [0.15, 0.2) is 0 Å². The van der Waals surface area contributed by atoms with Gasteiger partial charge < -0.3 is 10.8 Å². The highest BCUT2D eigenvalue weighted by Crippen LogP contribution is 2.60. The number of carboxylic acids is 1. The largest absolute Gasteiger partial charge is 0.481 e. The maximum Gasteiger partial charge on any atom is 0.303 e. The first-order valence-corrected chi connectivity index (χ1v) is 5.10. The Hall–Kier alpha value is -0.280. The van der Waals surface area contributed by atoms with Crippen LogP contribution in [0.2, 0.25) is 0 Å². The van der Waals surface area contributed by atoms with E-state index in [1.54, 1.807) is 0 Å². The van der Waals surface area contributed by atoms with Crippen molar-refractivity contribution >= 4 is 18.4 Å². The fraction of sp³-hybridized carbons (Fsp3) is 0.900. The van der Waals surface area contributed by atoms with E-state index in [0.29, 0.717) is 12.5 Å². The molecular formula is C10H18ClNO2. The Bertz CT molecular complexity index is 234. The molecule has 0 bridgehead atoms.